The lowest BCUT2D eigenvalue weighted by atomic mass is 9.87. The van der Waals surface area contributed by atoms with Gasteiger partial charge in [-0.2, -0.15) is 0 Å². The van der Waals surface area contributed by atoms with Crippen LogP contribution in [-0.2, 0) is 26.8 Å². The van der Waals surface area contributed by atoms with Gasteiger partial charge in [0, 0.05) is 22.8 Å². The van der Waals surface area contributed by atoms with Crippen molar-refractivity contribution in [1.29, 1.82) is 0 Å². The maximum atomic E-state index is 12.7. The number of benzene rings is 2. The molecule has 1 saturated carbocycles. The number of thioether (sulfide) groups is 1. The van der Waals surface area contributed by atoms with Crippen LogP contribution in [0.5, 0.6) is 0 Å². The zero-order chi connectivity index (χ0) is 25.3. The van der Waals surface area contributed by atoms with E-state index in [9.17, 15) is 13.2 Å². The highest BCUT2D eigenvalue weighted by Crippen LogP contribution is 2.39. The van der Waals surface area contributed by atoms with E-state index in [0.29, 0.717) is 10.8 Å². The normalized spacial score (nSPS) is 17.3. The van der Waals surface area contributed by atoms with E-state index >= 15 is 0 Å². The number of hydrogen-bond donors (Lipinski definition) is 2. The molecule has 2 aliphatic rings. The van der Waals surface area contributed by atoms with Gasteiger partial charge in [-0.05, 0) is 62.9 Å². The van der Waals surface area contributed by atoms with Crippen LogP contribution in [0.2, 0.25) is 0 Å². The number of anilines is 1. The summed E-state index contributed by atoms with van der Waals surface area (Å²) >= 11 is 1.34. The number of nitrogens with one attached hydrogen (secondary N) is 2. The predicted octanol–water partition coefficient (Wildman–Crippen LogP) is 4.58. The van der Waals surface area contributed by atoms with E-state index in [2.05, 4.69) is 50.8 Å². The summed E-state index contributed by atoms with van der Waals surface area (Å²) in [6.07, 6.45) is 5.89. The molecule has 1 aliphatic heterocycles. The summed E-state index contributed by atoms with van der Waals surface area (Å²) in [4.78, 5) is 12.9. The summed E-state index contributed by atoms with van der Waals surface area (Å²) < 4.78 is 30.3. The third kappa shape index (κ3) is 5.21. The number of fused-ring (bicyclic) bond motifs is 3. The maximum absolute atomic E-state index is 12.7. The minimum Gasteiger partial charge on any atom is -0.325 e. The average molecular weight is 526 g/mol. The maximum Gasteiger partial charge on any atom is 0.240 e. The lowest BCUT2D eigenvalue weighted by Gasteiger charge is -2.34. The van der Waals surface area contributed by atoms with Crippen molar-refractivity contribution in [2.45, 2.75) is 74.0 Å². The van der Waals surface area contributed by atoms with Gasteiger partial charge in [-0.3, -0.25) is 9.36 Å². The van der Waals surface area contributed by atoms with Gasteiger partial charge in [-0.15, -0.1) is 10.2 Å². The Morgan fingerprint density at radius 1 is 1.06 bits per heavy atom. The quantitative estimate of drug-likeness (QED) is 0.438. The fourth-order valence-electron chi connectivity index (χ4n) is 5.07. The van der Waals surface area contributed by atoms with Crippen LogP contribution in [0, 0.1) is 0 Å². The number of nitrogens with zero attached hydrogens (tertiary/aromatic N) is 3. The van der Waals surface area contributed by atoms with Crippen molar-refractivity contribution in [3.63, 3.8) is 0 Å². The summed E-state index contributed by atoms with van der Waals surface area (Å²) in [5, 5.41) is 12.4. The molecule has 3 aromatic rings. The largest absolute Gasteiger partial charge is 0.325 e. The van der Waals surface area contributed by atoms with Crippen molar-refractivity contribution in [3.8, 4) is 11.4 Å². The Morgan fingerprint density at radius 2 is 1.78 bits per heavy atom. The lowest BCUT2D eigenvalue weighted by molar-refractivity contribution is -0.113. The third-order valence-electron chi connectivity index (χ3n) is 6.83. The molecule has 1 amide bonds. The molecule has 5 rings (SSSR count). The highest BCUT2D eigenvalue weighted by atomic mass is 32.2. The SMILES string of the molecule is CC1(C)Cc2ccccc2-c2nnc(SCC(=O)Nc3ccc(S(=O)(=O)NC4CCCCC4)cc3)n21. The van der Waals surface area contributed by atoms with E-state index in [0.717, 1.165) is 49.9 Å². The molecular weight excluding hydrogens is 494 g/mol. The van der Waals surface area contributed by atoms with Crippen molar-refractivity contribution >= 4 is 33.4 Å². The number of aromatic nitrogens is 3. The van der Waals surface area contributed by atoms with Gasteiger partial charge in [-0.25, -0.2) is 13.1 Å². The second-order valence-electron chi connectivity index (χ2n) is 10.1. The summed E-state index contributed by atoms with van der Waals surface area (Å²) in [6, 6.07) is 14.5. The van der Waals surface area contributed by atoms with Crippen LogP contribution in [0.15, 0.2) is 58.6 Å². The first-order chi connectivity index (χ1) is 17.2. The molecular formula is C26H31N5O3S2. The molecule has 190 valence electrons. The molecule has 0 atom stereocenters. The smallest absolute Gasteiger partial charge is 0.240 e. The fraction of sp³-hybridized carbons (Fsp3) is 0.423. The summed E-state index contributed by atoms with van der Waals surface area (Å²) in [5.41, 5.74) is 2.67. The third-order valence-corrected chi connectivity index (χ3v) is 9.29. The van der Waals surface area contributed by atoms with Crippen LogP contribution in [-0.4, -0.2) is 40.9 Å². The van der Waals surface area contributed by atoms with Crippen molar-refractivity contribution in [2.24, 2.45) is 0 Å². The second-order valence-corrected chi connectivity index (χ2v) is 12.8. The first-order valence-electron chi connectivity index (χ1n) is 12.3. The number of carbonyl (C=O) groups excluding carboxylic acids is 1. The average Bonchev–Trinajstić information content (AvgIpc) is 3.29. The molecule has 0 spiro atoms. The molecule has 0 bridgehead atoms. The first kappa shape index (κ1) is 25.0. The molecule has 2 N–H and O–H groups in total. The molecule has 0 unspecified atom stereocenters. The number of sulfonamides is 1. The zero-order valence-electron chi connectivity index (χ0n) is 20.5. The van der Waals surface area contributed by atoms with Gasteiger partial charge in [0.05, 0.1) is 10.6 Å². The molecule has 0 radical (unpaired) electrons. The number of rotatable bonds is 7. The van der Waals surface area contributed by atoms with E-state index in [1.807, 2.05) is 12.1 Å². The molecule has 2 aromatic carbocycles. The van der Waals surface area contributed by atoms with Crippen LogP contribution >= 0.6 is 11.8 Å². The molecule has 0 saturated heterocycles. The van der Waals surface area contributed by atoms with E-state index in [1.54, 1.807) is 12.1 Å². The van der Waals surface area contributed by atoms with Crippen LogP contribution in [0.3, 0.4) is 0 Å². The van der Waals surface area contributed by atoms with Crippen LogP contribution in [0.25, 0.3) is 11.4 Å². The zero-order valence-corrected chi connectivity index (χ0v) is 22.2. The molecule has 8 nitrogen and oxygen atoms in total. The van der Waals surface area contributed by atoms with Gasteiger partial charge >= 0.3 is 0 Å². The van der Waals surface area contributed by atoms with Gasteiger partial charge < -0.3 is 5.32 Å². The van der Waals surface area contributed by atoms with Gasteiger partial charge in [0.2, 0.25) is 15.9 Å². The Bertz CT molecular complexity index is 1360. The van der Waals surface area contributed by atoms with Crippen LogP contribution < -0.4 is 10.0 Å². The molecule has 1 aliphatic carbocycles. The van der Waals surface area contributed by atoms with Gasteiger partial charge in [0.25, 0.3) is 0 Å². The van der Waals surface area contributed by atoms with E-state index in [-0.39, 0.29) is 28.1 Å². The molecule has 36 heavy (non-hydrogen) atoms. The summed E-state index contributed by atoms with van der Waals surface area (Å²) in [7, 11) is -3.57. The summed E-state index contributed by atoms with van der Waals surface area (Å²) in [5.74, 6) is 0.796. The van der Waals surface area contributed by atoms with E-state index in [1.165, 1.54) is 29.5 Å². The van der Waals surface area contributed by atoms with Crippen molar-refractivity contribution in [3.05, 3.63) is 54.1 Å². The molecule has 1 fully saturated rings. The van der Waals surface area contributed by atoms with Gasteiger partial charge in [0.1, 0.15) is 0 Å². The fourth-order valence-corrected chi connectivity index (χ4v) is 7.27. The highest BCUT2D eigenvalue weighted by molar-refractivity contribution is 7.99. The monoisotopic (exact) mass is 525 g/mol. The standard InChI is InChI=1S/C26H31N5O3S2/c1-26(2)16-18-8-6-7-11-22(18)24-28-29-25(31(24)26)35-17-23(32)27-19-12-14-21(15-13-19)36(33,34)30-20-9-4-3-5-10-20/h6-8,11-15,20,30H,3-5,9-10,16-17H2,1-2H3,(H,27,32). The van der Waals surface area contributed by atoms with Gasteiger partial charge in [-0.1, -0.05) is 55.3 Å². The Morgan fingerprint density at radius 3 is 2.53 bits per heavy atom. The topological polar surface area (TPSA) is 106 Å². The minimum atomic E-state index is -3.57. The first-order valence-corrected chi connectivity index (χ1v) is 14.8. The molecule has 1 aromatic heterocycles. The van der Waals surface area contributed by atoms with E-state index < -0.39 is 10.0 Å². The van der Waals surface area contributed by atoms with Gasteiger partial charge in [0.15, 0.2) is 11.0 Å². The van der Waals surface area contributed by atoms with Crippen LogP contribution in [0.4, 0.5) is 5.69 Å². The van der Waals surface area contributed by atoms with Crippen molar-refractivity contribution < 1.29 is 13.2 Å². The number of hydrogen-bond acceptors (Lipinski definition) is 6. The Kier molecular flexibility index (Phi) is 6.93. The van der Waals surface area contributed by atoms with E-state index in [4.69, 9.17) is 0 Å². The van der Waals surface area contributed by atoms with Crippen molar-refractivity contribution in [2.75, 3.05) is 11.1 Å². The Labute approximate surface area is 216 Å². The highest BCUT2D eigenvalue weighted by Gasteiger charge is 2.34. The molecule has 10 heteroatoms. The molecule has 2 heterocycles. The second kappa shape index (κ2) is 9.99. The Hall–Kier alpha value is -2.69. The minimum absolute atomic E-state index is 0.00140. The summed E-state index contributed by atoms with van der Waals surface area (Å²) in [6.45, 7) is 4.30. The van der Waals surface area contributed by atoms with Crippen molar-refractivity contribution in [1.82, 2.24) is 19.5 Å². The number of amides is 1. The lowest BCUT2D eigenvalue weighted by Crippen LogP contribution is -2.36. The van der Waals surface area contributed by atoms with Crippen LogP contribution in [0.1, 0.15) is 51.5 Å². The predicted molar refractivity (Wildman–Crippen MR) is 141 cm³/mol. The Balaban J connectivity index is 1.21. The number of carbonyl (C=O) groups is 1.